The fourth-order valence-corrected chi connectivity index (χ4v) is 3.88. The summed E-state index contributed by atoms with van der Waals surface area (Å²) in [6, 6.07) is 8.55. The molecule has 0 saturated heterocycles. The molecular weight excluding hydrogens is 444 g/mol. The molecule has 30 heavy (non-hydrogen) atoms. The zero-order chi connectivity index (χ0) is 22.4. The van der Waals surface area contributed by atoms with Crippen molar-refractivity contribution in [3.05, 3.63) is 70.8 Å². The lowest BCUT2D eigenvalue weighted by Gasteiger charge is -2.18. The average molecular weight is 459 g/mol. The molecule has 3 aromatic carbocycles. The van der Waals surface area contributed by atoms with E-state index in [1.54, 1.807) is 19.0 Å². The predicted octanol–water partition coefficient (Wildman–Crippen LogP) is 4.94. The number of nitrogens with two attached hydrogens (primary N) is 1. The van der Waals surface area contributed by atoms with Gasteiger partial charge in [0.15, 0.2) is 23.3 Å². The third-order valence-electron chi connectivity index (χ3n) is 4.46. The molecule has 3 aromatic rings. The summed E-state index contributed by atoms with van der Waals surface area (Å²) in [7, 11) is -0.601. The molecule has 0 aliphatic rings. The smallest absolute Gasteiger partial charge is 0.238 e. The summed E-state index contributed by atoms with van der Waals surface area (Å²) in [4.78, 5) is 1.40. The largest absolute Gasteiger partial charge is 0.376 e. The van der Waals surface area contributed by atoms with Gasteiger partial charge >= 0.3 is 0 Å². The highest BCUT2D eigenvalue weighted by Gasteiger charge is 2.27. The highest BCUT2D eigenvalue weighted by atomic mass is 35.5. The van der Waals surface area contributed by atoms with E-state index in [0.717, 1.165) is 24.3 Å². The third-order valence-corrected chi connectivity index (χ3v) is 5.69. The van der Waals surface area contributed by atoms with Crippen molar-refractivity contribution in [3.8, 4) is 22.3 Å². The lowest BCUT2D eigenvalue weighted by atomic mass is 9.92. The fraction of sp³-hybridized carbons (Fsp3) is 0.100. The van der Waals surface area contributed by atoms with Gasteiger partial charge < -0.3 is 4.90 Å². The Balaban J connectivity index is 2.33. The quantitative estimate of drug-likeness (QED) is 0.342. The summed E-state index contributed by atoms with van der Waals surface area (Å²) in [5.74, 6) is -7.19. The van der Waals surface area contributed by atoms with E-state index in [1.165, 1.54) is 18.2 Å². The van der Waals surface area contributed by atoms with Gasteiger partial charge in [0.25, 0.3) is 0 Å². The monoisotopic (exact) mass is 458 g/mol. The maximum absolute atomic E-state index is 14.8. The van der Waals surface area contributed by atoms with E-state index in [1.807, 2.05) is 0 Å². The van der Waals surface area contributed by atoms with E-state index in [0.29, 0.717) is 5.69 Å². The van der Waals surface area contributed by atoms with Crippen LogP contribution >= 0.6 is 11.6 Å². The number of hydrogen-bond donors (Lipinski definition) is 1. The minimum absolute atomic E-state index is 0.00595. The average Bonchev–Trinajstić information content (AvgIpc) is 2.68. The lowest BCUT2D eigenvalue weighted by Crippen LogP contribution is -2.12. The normalized spacial score (nSPS) is 11.6. The Kier molecular flexibility index (Phi) is 5.81. The number of primary sulfonamides is 1. The second kappa shape index (κ2) is 7.90. The maximum Gasteiger partial charge on any atom is 0.238 e. The van der Waals surface area contributed by atoms with Crippen LogP contribution in [0.1, 0.15) is 0 Å². The van der Waals surface area contributed by atoms with E-state index in [2.05, 4.69) is 0 Å². The van der Waals surface area contributed by atoms with Crippen LogP contribution in [0.4, 0.5) is 23.2 Å². The van der Waals surface area contributed by atoms with Gasteiger partial charge in [0.1, 0.15) is 0 Å². The molecule has 0 atom stereocenters. The first-order valence-electron chi connectivity index (χ1n) is 8.40. The first-order valence-corrected chi connectivity index (χ1v) is 10.3. The molecule has 0 unspecified atom stereocenters. The highest BCUT2D eigenvalue weighted by Crippen LogP contribution is 2.41. The first-order chi connectivity index (χ1) is 13.9. The third kappa shape index (κ3) is 3.88. The highest BCUT2D eigenvalue weighted by molar-refractivity contribution is 7.89. The standard InChI is InChI=1S/C20H15ClF4N2O2S/c1-27(2)14-8-5-11(9-13(14)21)16-15(17(22)19(24)20(25)18(16)23)10-3-6-12(7-4-10)30(26,28)29/h3-9H,1-2H3,(H2,26,28,29). The number of halogens is 5. The van der Waals surface area contributed by atoms with Gasteiger partial charge in [0.05, 0.1) is 15.6 Å². The van der Waals surface area contributed by atoms with Gasteiger partial charge in [0, 0.05) is 25.2 Å². The Labute approximate surface area is 175 Å². The fourth-order valence-electron chi connectivity index (χ4n) is 3.01. The van der Waals surface area contributed by atoms with E-state index < -0.39 is 44.4 Å². The van der Waals surface area contributed by atoms with Crippen LogP contribution in [0.5, 0.6) is 0 Å². The molecule has 0 amide bonds. The second-order valence-corrected chi connectivity index (χ2v) is 8.60. The van der Waals surface area contributed by atoms with Crippen molar-refractivity contribution in [2.45, 2.75) is 4.90 Å². The van der Waals surface area contributed by atoms with Gasteiger partial charge in [-0.1, -0.05) is 29.8 Å². The number of sulfonamides is 1. The van der Waals surface area contributed by atoms with Crippen LogP contribution in [-0.2, 0) is 10.0 Å². The van der Waals surface area contributed by atoms with E-state index in [4.69, 9.17) is 16.7 Å². The molecule has 158 valence electrons. The minimum atomic E-state index is -4.04. The van der Waals surface area contributed by atoms with E-state index in [-0.39, 0.29) is 21.0 Å². The van der Waals surface area contributed by atoms with Crippen molar-refractivity contribution in [2.24, 2.45) is 5.14 Å². The van der Waals surface area contributed by atoms with Crippen LogP contribution in [0, 0.1) is 23.3 Å². The number of hydrogen-bond acceptors (Lipinski definition) is 3. The number of nitrogens with zero attached hydrogens (tertiary/aromatic N) is 1. The van der Waals surface area contributed by atoms with Crippen LogP contribution in [0.2, 0.25) is 5.02 Å². The van der Waals surface area contributed by atoms with Crippen molar-refractivity contribution in [3.63, 3.8) is 0 Å². The van der Waals surface area contributed by atoms with E-state index >= 15 is 0 Å². The Morgan fingerprint density at radius 2 is 1.27 bits per heavy atom. The summed E-state index contributed by atoms with van der Waals surface area (Å²) in [5, 5.41) is 5.21. The molecule has 0 saturated carbocycles. The van der Waals surface area contributed by atoms with Crippen LogP contribution in [0.25, 0.3) is 22.3 Å². The first kappa shape index (κ1) is 22.1. The number of benzene rings is 3. The SMILES string of the molecule is CN(C)c1ccc(-c2c(F)c(F)c(F)c(F)c2-c2ccc(S(N)(=O)=O)cc2)cc1Cl. The molecule has 0 radical (unpaired) electrons. The van der Waals surface area contributed by atoms with Gasteiger partial charge in [-0.3, -0.25) is 0 Å². The lowest BCUT2D eigenvalue weighted by molar-refractivity contribution is 0.412. The molecular formula is C20H15ClF4N2O2S. The second-order valence-electron chi connectivity index (χ2n) is 6.64. The summed E-state index contributed by atoms with van der Waals surface area (Å²) >= 11 is 6.20. The zero-order valence-electron chi connectivity index (χ0n) is 15.7. The number of rotatable bonds is 4. The maximum atomic E-state index is 14.8. The molecule has 0 aliphatic carbocycles. The molecule has 0 aliphatic heterocycles. The number of anilines is 1. The zero-order valence-corrected chi connectivity index (χ0v) is 17.3. The molecule has 4 nitrogen and oxygen atoms in total. The minimum Gasteiger partial charge on any atom is -0.376 e. The van der Waals surface area contributed by atoms with Gasteiger partial charge in [-0.05, 0) is 35.4 Å². The topological polar surface area (TPSA) is 63.4 Å². The molecule has 0 bridgehead atoms. The summed E-state index contributed by atoms with van der Waals surface area (Å²) < 4.78 is 80.4. The Morgan fingerprint density at radius 1 is 0.800 bits per heavy atom. The van der Waals surface area contributed by atoms with Crippen molar-refractivity contribution in [1.29, 1.82) is 0 Å². The van der Waals surface area contributed by atoms with Crippen LogP contribution in [-0.4, -0.2) is 22.5 Å². The summed E-state index contributed by atoms with van der Waals surface area (Å²) in [6.45, 7) is 0. The summed E-state index contributed by atoms with van der Waals surface area (Å²) in [5.41, 5.74) is -0.641. The Morgan fingerprint density at radius 3 is 1.70 bits per heavy atom. The van der Waals surface area contributed by atoms with Gasteiger partial charge in [-0.25, -0.2) is 31.1 Å². The van der Waals surface area contributed by atoms with Gasteiger partial charge in [-0.2, -0.15) is 0 Å². The van der Waals surface area contributed by atoms with Crippen molar-refractivity contribution >= 4 is 27.3 Å². The molecule has 0 heterocycles. The van der Waals surface area contributed by atoms with Crippen molar-refractivity contribution in [2.75, 3.05) is 19.0 Å². The van der Waals surface area contributed by atoms with Crippen LogP contribution in [0.15, 0.2) is 47.4 Å². The van der Waals surface area contributed by atoms with Crippen molar-refractivity contribution < 1.29 is 26.0 Å². The summed E-state index contributed by atoms with van der Waals surface area (Å²) in [6.07, 6.45) is 0. The molecule has 2 N–H and O–H groups in total. The Hall–Kier alpha value is -2.62. The molecule has 0 fully saturated rings. The van der Waals surface area contributed by atoms with Gasteiger partial charge in [0.2, 0.25) is 10.0 Å². The van der Waals surface area contributed by atoms with E-state index in [9.17, 15) is 26.0 Å². The molecule has 3 rings (SSSR count). The van der Waals surface area contributed by atoms with Gasteiger partial charge in [-0.15, -0.1) is 0 Å². The molecule has 0 aromatic heterocycles. The predicted molar refractivity (Wildman–Crippen MR) is 108 cm³/mol. The van der Waals surface area contributed by atoms with Crippen LogP contribution in [0.3, 0.4) is 0 Å². The molecule has 10 heteroatoms. The molecule has 0 spiro atoms. The van der Waals surface area contributed by atoms with Crippen molar-refractivity contribution in [1.82, 2.24) is 0 Å². The Bertz CT molecular complexity index is 1250. The van der Waals surface area contributed by atoms with Crippen LogP contribution < -0.4 is 10.0 Å².